The largest absolute Gasteiger partial charge is 0 e. The summed E-state index contributed by atoms with van der Waals surface area (Å²) in [6.45, 7) is 0. The van der Waals surface area contributed by atoms with Crippen molar-refractivity contribution in [1.82, 2.24) is 0 Å². The maximum absolute atomic E-state index is 2.95. The first-order valence-corrected chi connectivity index (χ1v) is 3.76. The Morgan fingerprint density at radius 2 is 1.04 bits per heavy atom. The summed E-state index contributed by atoms with van der Waals surface area (Å²) in [5.74, 6) is 0. The Balaban J connectivity index is -0.0000000000198. The smallest absolute Gasteiger partial charge is 0 e. The monoisotopic (exact) mass is 2800 g/mol. The van der Waals surface area contributed by atoms with Crippen molar-refractivity contribution >= 4 is 116 Å². The van der Waals surface area contributed by atoms with Crippen LogP contribution in [0.25, 0.3) is 0 Å². The fourth-order valence-electron chi connectivity index (χ4n) is 0. The Morgan fingerprint density at radius 3 is 1.04 bits per heavy atom. The molecule has 8 radical (unpaired) electrons. The minimum absolute atomic E-state index is 0. The van der Waals surface area contributed by atoms with Crippen LogP contribution in [0.3, 0.4) is 0 Å². The maximum atomic E-state index is 2.95. The van der Waals surface area contributed by atoms with E-state index in [1.54, 1.807) is 17.7 Å². The van der Waals surface area contributed by atoms with Gasteiger partial charge in [0.1, 0.15) is 0 Å². The molecule has 0 atom stereocenters. The standard InChI is InChI=1S/Bi.Cd.Ce.Co.Cr.Cu.Fe.Ga.Ir.K.Li.Mn.Mo.Na.Ni.Pb.Pd.Pt.Rh.Sn.Ta.Th.V.W.Yb.13H/q;;;;;;;;;+1;;;;+1;;;;;;;;;;;;;;;;;;;;;;;;. The van der Waals surface area contributed by atoms with E-state index in [0.29, 0.717) is 0 Å². The van der Waals surface area contributed by atoms with Crippen molar-refractivity contribution in [2.24, 2.45) is 0 Å². The second-order valence-electron chi connectivity index (χ2n) is 0. The van der Waals surface area contributed by atoms with Gasteiger partial charge in [-0.25, -0.2) is 0 Å². The van der Waals surface area contributed by atoms with Gasteiger partial charge in [0.25, 0.3) is 0 Å². The van der Waals surface area contributed by atoms with Crippen molar-refractivity contribution in [3.8, 4) is 0 Å². The molecule has 0 aromatic heterocycles. The molecule has 0 spiro atoms. The molecule has 0 fully saturated rings. The topological polar surface area (TPSA) is 0 Å². The Kier molecular flexibility index (Phi) is 1600. The molecule has 0 N–H and O–H groups in total. The normalized spacial score (nSPS) is 0.200. The molecule has 0 aromatic rings. The van der Waals surface area contributed by atoms with Crippen LogP contribution >= 0.6 is 0 Å². The summed E-state index contributed by atoms with van der Waals surface area (Å²) in [5, 5.41) is 0. The summed E-state index contributed by atoms with van der Waals surface area (Å²) in [5.41, 5.74) is 0. The first-order chi connectivity index (χ1) is 1.00. The van der Waals surface area contributed by atoms with Crippen LogP contribution in [-0.4, -0.2) is 116 Å². The number of rotatable bonds is 0. The molecule has 0 bridgehead atoms. The molecule has 25 heavy (non-hydrogen) atoms. The van der Waals surface area contributed by atoms with Gasteiger partial charge in [-0.05, 0) is 0 Å². The van der Waals surface area contributed by atoms with Crippen LogP contribution in [0.5, 0.6) is 0 Å². The Labute approximate surface area is 591 Å². The van der Waals surface area contributed by atoms with Gasteiger partial charge in [-0.15, -0.1) is 0 Å². The molecular formula is H13BiCdCeCoCrCuFeGaIrKLiMnMoNaNiPbPdPtRhSnTaThVWYb+2. The molecule has 0 amide bonds. The van der Waals surface area contributed by atoms with Crippen LogP contribution in [-0.2, 0) is 286 Å². The molecule has 0 aliphatic heterocycles. The number of hydrogen-bond acceptors (Lipinski definition) is 0. The van der Waals surface area contributed by atoms with Crippen molar-refractivity contribution in [2.45, 2.75) is 0 Å². The zero-order valence-electron chi connectivity index (χ0n) is 10.5. The van der Waals surface area contributed by atoms with Crippen LogP contribution in [0.2, 0.25) is 0 Å². The van der Waals surface area contributed by atoms with Crippen molar-refractivity contribution in [1.29, 1.82) is 0 Å². The van der Waals surface area contributed by atoms with E-state index in [1.165, 1.54) is 0 Å². The predicted octanol–water partition coefficient (Wildman–Crippen LogP) is -11.4. The van der Waals surface area contributed by atoms with E-state index in [9.17, 15) is 0 Å². The molecule has 0 unspecified atom stereocenters. The summed E-state index contributed by atoms with van der Waals surface area (Å²) in [7, 11) is 0. The predicted molar refractivity (Wildman–Crippen MR) is 46.9 cm³/mol. The Morgan fingerprint density at radius 1 is 1.04 bits per heavy atom. The summed E-state index contributed by atoms with van der Waals surface area (Å²) >= 11 is 4.71. The van der Waals surface area contributed by atoms with Gasteiger partial charge in [0, 0.05) is 384 Å². The van der Waals surface area contributed by atoms with E-state index in [1.807, 2.05) is 0 Å². The first-order valence-electron chi connectivity index (χ1n) is 0.154. The summed E-state index contributed by atoms with van der Waals surface area (Å²) in [6, 6.07) is 0. The first kappa shape index (κ1) is 197. The molecule has 25 heteroatoms. The van der Waals surface area contributed by atoms with Crippen LogP contribution < -0.4 is 80.9 Å². The molecule has 0 saturated carbocycles. The minimum Gasteiger partial charge on any atom is 0 e. The van der Waals surface area contributed by atoms with Crippen LogP contribution in [0.15, 0.2) is 0 Å². The summed E-state index contributed by atoms with van der Waals surface area (Å²) < 4.78 is 0. The van der Waals surface area contributed by atoms with E-state index >= 15 is 0 Å². The van der Waals surface area contributed by atoms with Gasteiger partial charge in [-0.1, -0.05) is 0 Å². The molecule has 0 heterocycles. The van der Waals surface area contributed by atoms with Crippen LogP contribution in [0, 0.1) is 129 Å². The van der Waals surface area contributed by atoms with Crippen molar-refractivity contribution in [3.63, 3.8) is 0 Å². The molecule has 0 aliphatic rings. The van der Waals surface area contributed by atoms with Crippen LogP contribution in [0.4, 0.5) is 0 Å². The van der Waals surface area contributed by atoms with Gasteiger partial charge in [-0.2, -0.15) is 0 Å². The molecule has 0 saturated heterocycles. The fraction of sp³-hybridized carbons (Fsp3) is 0. The summed E-state index contributed by atoms with van der Waals surface area (Å²) in [6.07, 6.45) is 0. The van der Waals surface area contributed by atoms with Crippen molar-refractivity contribution in [2.75, 3.05) is 0 Å². The van der Waals surface area contributed by atoms with Crippen LogP contribution in [0.1, 0.15) is 0 Å². The van der Waals surface area contributed by atoms with E-state index in [2.05, 4.69) is 13.4 Å². The zero-order chi connectivity index (χ0) is 2.00. The third kappa shape index (κ3) is 194. The van der Waals surface area contributed by atoms with Gasteiger partial charge < -0.3 is 0 Å². The molecular weight excluding hydrogens is 2780 g/mol. The molecule has 165 valence electrons. The second kappa shape index (κ2) is 203. The van der Waals surface area contributed by atoms with Gasteiger partial charge in [0.2, 0.25) is 0 Å². The average molecular weight is 2800 g/mol. The molecule has 0 aliphatic carbocycles. The molecule has 0 aromatic carbocycles. The van der Waals surface area contributed by atoms with Gasteiger partial charge in [-0.3, -0.25) is 0 Å². The van der Waals surface area contributed by atoms with Gasteiger partial charge >= 0.3 is 228 Å². The third-order valence-electron chi connectivity index (χ3n) is 0. The summed E-state index contributed by atoms with van der Waals surface area (Å²) in [4.78, 5) is 0. The Hall–Kier alpha value is 20.0. The number of hydrogen-bond donors (Lipinski definition) is 0. The Bertz CT molecular complexity index is 116. The van der Waals surface area contributed by atoms with Gasteiger partial charge in [0.05, 0.1) is 0 Å². The molecule has 0 rings (SSSR count). The average Bonchev–Trinajstić information content (AvgIpc) is 1.00. The van der Waals surface area contributed by atoms with E-state index in [-0.39, 0.29) is 581 Å². The quantitative estimate of drug-likeness (QED) is 0.212. The van der Waals surface area contributed by atoms with E-state index in [0.717, 1.165) is 0 Å². The van der Waals surface area contributed by atoms with Gasteiger partial charge in [0.15, 0.2) is 0 Å². The SMILES string of the molecule is [BiH3].[Cd].[Ce].[Co].[Cr].[Cu].[Fe].[GaH3].[Ir].[K+].[LiH].[Mn][Mo].[Na+].[Ni].[PbH2].[Pd].[Pt].[Rh].[SnH4].[Ta].[Th].[V].[W].[Yb]. The van der Waals surface area contributed by atoms with E-state index in [4.69, 9.17) is 0 Å². The zero-order valence-corrected chi connectivity index (χ0v) is 63.5. The molecule has 0 nitrogen and oxygen atoms in total. The minimum atomic E-state index is 0. The second-order valence-corrected chi connectivity index (χ2v) is 0. The third-order valence-corrected chi connectivity index (χ3v) is 0. The maximum Gasteiger partial charge on any atom is 0 e. The fourth-order valence-corrected chi connectivity index (χ4v) is 0. The van der Waals surface area contributed by atoms with Crippen molar-refractivity contribution < 1.29 is 496 Å². The van der Waals surface area contributed by atoms with Crippen molar-refractivity contribution in [3.05, 3.63) is 0 Å². The van der Waals surface area contributed by atoms with E-state index < -0.39 is 0 Å².